The summed E-state index contributed by atoms with van der Waals surface area (Å²) in [6.45, 7) is 11.5. The number of piperidine rings is 1. The average molecular weight is 575 g/mol. The number of carbonyl (C=O) groups excluding carboxylic acids is 1. The van der Waals surface area contributed by atoms with E-state index in [1.807, 2.05) is 34.6 Å². The normalized spacial score (nSPS) is 22.5. The number of nitrogens with zero attached hydrogens (tertiary/aromatic N) is 5. The van der Waals surface area contributed by atoms with Crippen LogP contribution >= 0.6 is 0 Å². The molecule has 3 aromatic rings. The second-order valence-corrected chi connectivity index (χ2v) is 12.9. The van der Waals surface area contributed by atoms with E-state index in [0.29, 0.717) is 29.9 Å². The maximum absolute atomic E-state index is 16.6. The summed E-state index contributed by atoms with van der Waals surface area (Å²) >= 11 is 0. The highest BCUT2D eigenvalue weighted by molar-refractivity contribution is 5.90. The molecule has 2 saturated carbocycles. The molecule has 2 aliphatic carbocycles. The number of rotatable bonds is 4. The number of amides is 1. The first kappa shape index (κ1) is 27.7. The van der Waals surface area contributed by atoms with E-state index in [0.717, 1.165) is 18.9 Å². The minimum absolute atomic E-state index is 0.000730. The van der Waals surface area contributed by atoms with Crippen LogP contribution in [0.2, 0.25) is 0 Å². The lowest BCUT2D eigenvalue weighted by Crippen LogP contribution is -2.36. The van der Waals surface area contributed by atoms with E-state index in [4.69, 9.17) is 15.6 Å². The lowest BCUT2D eigenvalue weighted by atomic mass is 9.98. The van der Waals surface area contributed by atoms with Crippen molar-refractivity contribution in [2.45, 2.75) is 84.0 Å². The van der Waals surface area contributed by atoms with Gasteiger partial charge in [0.25, 0.3) is 0 Å². The van der Waals surface area contributed by atoms with Gasteiger partial charge in [0, 0.05) is 24.4 Å². The van der Waals surface area contributed by atoms with Crippen LogP contribution in [0, 0.1) is 24.6 Å². The molecule has 3 aromatic heterocycles. The van der Waals surface area contributed by atoms with Crippen LogP contribution in [0.5, 0.6) is 0 Å². The summed E-state index contributed by atoms with van der Waals surface area (Å²) in [5, 5.41) is 5.47. The van der Waals surface area contributed by atoms with Crippen molar-refractivity contribution in [2.24, 2.45) is 11.8 Å². The number of hydrogen-bond acceptors (Lipinski definition) is 6. The number of aryl methyl sites for hydroxylation is 1. The van der Waals surface area contributed by atoms with Gasteiger partial charge in [0.1, 0.15) is 28.3 Å². The second-order valence-electron chi connectivity index (χ2n) is 12.9. The van der Waals surface area contributed by atoms with E-state index < -0.39 is 34.5 Å². The van der Waals surface area contributed by atoms with E-state index in [-0.39, 0.29) is 52.7 Å². The maximum atomic E-state index is 16.6. The van der Waals surface area contributed by atoms with Crippen molar-refractivity contribution in [3.63, 3.8) is 0 Å². The molecule has 0 bridgehead atoms. The third kappa shape index (κ3) is 4.68. The molecule has 0 spiro atoms. The molecule has 0 aromatic carbocycles. The van der Waals surface area contributed by atoms with Gasteiger partial charge in [-0.15, -0.1) is 0 Å². The molecule has 2 atom stereocenters. The molecule has 220 valence electrons. The molecule has 0 radical (unpaired) electrons. The van der Waals surface area contributed by atoms with E-state index >= 15 is 4.39 Å². The first-order chi connectivity index (χ1) is 19.1. The monoisotopic (exact) mass is 574 g/mol. The van der Waals surface area contributed by atoms with Crippen molar-refractivity contribution in [3.05, 3.63) is 34.4 Å². The molecule has 1 aliphatic heterocycles. The number of nitrogen functional groups attached to an aromatic ring is 1. The molecule has 6 rings (SSSR count). The van der Waals surface area contributed by atoms with Crippen molar-refractivity contribution < 1.29 is 27.1 Å². The van der Waals surface area contributed by atoms with E-state index in [9.17, 15) is 18.0 Å². The Labute approximate surface area is 235 Å². The molecule has 3 aliphatic rings. The predicted molar refractivity (Wildman–Crippen MR) is 145 cm³/mol. The second kappa shape index (κ2) is 9.03. The fraction of sp³-hybridized carbons (Fsp3) is 0.586. The zero-order valence-electron chi connectivity index (χ0n) is 23.9. The zero-order chi connectivity index (χ0) is 29.8. The Balaban J connectivity index is 1.48. The van der Waals surface area contributed by atoms with Crippen molar-refractivity contribution in [1.29, 1.82) is 0 Å². The Morgan fingerprint density at radius 2 is 1.73 bits per heavy atom. The SMILES string of the molecule is Cc1cc(N)nc(-c2nc(C(C)C)c3c(C4C5CN(C(=O)OC(C)(C)C)CC54)nn(C4CC4)c3c2F)c1C(F)(F)F. The average Bonchev–Trinajstić information content (AvgIpc) is 3.71. The van der Waals surface area contributed by atoms with Crippen LogP contribution in [0.3, 0.4) is 0 Å². The van der Waals surface area contributed by atoms with Crippen LogP contribution < -0.4 is 5.73 Å². The van der Waals surface area contributed by atoms with Crippen LogP contribution in [0.15, 0.2) is 6.07 Å². The molecule has 1 amide bonds. The third-order valence-electron chi connectivity index (χ3n) is 8.19. The van der Waals surface area contributed by atoms with Gasteiger partial charge in [0.05, 0.1) is 23.0 Å². The summed E-state index contributed by atoms with van der Waals surface area (Å²) in [5.41, 5.74) is 4.31. The van der Waals surface area contributed by atoms with Gasteiger partial charge in [0.2, 0.25) is 0 Å². The number of alkyl halides is 3. The summed E-state index contributed by atoms with van der Waals surface area (Å²) in [4.78, 5) is 22.8. The fourth-order valence-electron chi connectivity index (χ4n) is 6.28. The van der Waals surface area contributed by atoms with E-state index in [2.05, 4.69) is 9.97 Å². The lowest BCUT2D eigenvalue weighted by Gasteiger charge is -2.25. The number of halogens is 4. The van der Waals surface area contributed by atoms with Crippen molar-refractivity contribution in [1.82, 2.24) is 24.6 Å². The lowest BCUT2D eigenvalue weighted by molar-refractivity contribution is -0.137. The summed E-state index contributed by atoms with van der Waals surface area (Å²) in [6, 6.07) is 1.09. The molecule has 4 heterocycles. The van der Waals surface area contributed by atoms with Gasteiger partial charge in [-0.3, -0.25) is 4.68 Å². The van der Waals surface area contributed by atoms with Crippen molar-refractivity contribution >= 4 is 22.8 Å². The molecular weight excluding hydrogens is 540 g/mol. The van der Waals surface area contributed by atoms with Gasteiger partial charge in [-0.2, -0.15) is 18.3 Å². The molecular formula is C29H34F4N6O2. The Kier molecular flexibility index (Phi) is 6.10. The number of nitrogens with two attached hydrogens (primary N) is 1. The smallest absolute Gasteiger partial charge is 0.418 e. The highest BCUT2D eigenvalue weighted by Crippen LogP contribution is 2.60. The van der Waals surface area contributed by atoms with E-state index in [1.54, 1.807) is 9.58 Å². The minimum Gasteiger partial charge on any atom is -0.444 e. The fourth-order valence-corrected chi connectivity index (χ4v) is 6.28. The molecule has 1 saturated heterocycles. The summed E-state index contributed by atoms with van der Waals surface area (Å²) in [6.07, 6.45) is -3.54. The van der Waals surface area contributed by atoms with Gasteiger partial charge in [0.15, 0.2) is 5.82 Å². The van der Waals surface area contributed by atoms with Crippen LogP contribution in [-0.4, -0.2) is 49.4 Å². The molecule has 8 nitrogen and oxygen atoms in total. The zero-order valence-corrected chi connectivity index (χ0v) is 23.9. The molecule has 41 heavy (non-hydrogen) atoms. The summed E-state index contributed by atoms with van der Waals surface area (Å²) < 4.78 is 66.3. The number of aromatic nitrogens is 4. The number of anilines is 1. The number of ether oxygens (including phenoxy) is 1. The first-order valence-corrected chi connectivity index (χ1v) is 14.0. The van der Waals surface area contributed by atoms with Gasteiger partial charge >= 0.3 is 12.3 Å². The van der Waals surface area contributed by atoms with E-state index in [1.165, 1.54) is 6.92 Å². The summed E-state index contributed by atoms with van der Waals surface area (Å²) in [5.74, 6) is -0.967. The number of pyridine rings is 2. The van der Waals surface area contributed by atoms with Crippen molar-refractivity contribution in [3.8, 4) is 11.4 Å². The highest BCUT2D eigenvalue weighted by atomic mass is 19.4. The molecule has 12 heteroatoms. The largest absolute Gasteiger partial charge is 0.444 e. The Bertz CT molecular complexity index is 1560. The van der Waals surface area contributed by atoms with Crippen molar-refractivity contribution in [2.75, 3.05) is 18.8 Å². The number of likely N-dealkylation sites (tertiary alicyclic amines) is 1. The molecule has 2 unspecified atom stereocenters. The maximum Gasteiger partial charge on any atom is 0.418 e. The Hall–Kier alpha value is -3.44. The highest BCUT2D eigenvalue weighted by Gasteiger charge is 2.60. The first-order valence-electron chi connectivity index (χ1n) is 14.0. The Morgan fingerprint density at radius 3 is 2.27 bits per heavy atom. The van der Waals surface area contributed by atoms with Crippen LogP contribution in [-0.2, 0) is 10.9 Å². The quantitative estimate of drug-likeness (QED) is 0.354. The predicted octanol–water partition coefficient (Wildman–Crippen LogP) is 6.58. The van der Waals surface area contributed by atoms with Gasteiger partial charge in [-0.25, -0.2) is 19.2 Å². The number of fused-ring (bicyclic) bond motifs is 2. The van der Waals surface area contributed by atoms with Gasteiger partial charge in [-0.05, 0) is 69.9 Å². The van der Waals surface area contributed by atoms with Crippen LogP contribution in [0.4, 0.5) is 28.2 Å². The molecule has 3 fully saturated rings. The Morgan fingerprint density at radius 1 is 1.10 bits per heavy atom. The van der Waals surface area contributed by atoms with Gasteiger partial charge < -0.3 is 15.4 Å². The number of carbonyl (C=O) groups is 1. The van der Waals surface area contributed by atoms with Crippen LogP contribution in [0.25, 0.3) is 22.3 Å². The number of hydrogen-bond donors (Lipinski definition) is 1. The summed E-state index contributed by atoms with van der Waals surface area (Å²) in [7, 11) is 0. The standard InChI is InChI=1S/C29H34F4N6O2/c1-12(2)22-19-23(18-15-10-38(11-16(15)18)27(40)41-28(4,5)6)37-39(14-7-8-14)26(19)21(30)25(36-22)24-20(29(31,32)33)13(3)9-17(34)35-24/h9,12,14-16,18H,7-8,10-11H2,1-6H3,(H2,34,35). The third-order valence-corrected chi connectivity index (χ3v) is 8.19. The van der Waals surface area contributed by atoms with Crippen LogP contribution in [0.1, 0.15) is 87.9 Å². The topological polar surface area (TPSA) is 99.2 Å². The van der Waals surface area contributed by atoms with Gasteiger partial charge in [-0.1, -0.05) is 13.8 Å². The minimum atomic E-state index is -4.78. The molecule has 2 N–H and O–H groups in total.